The number of nitrogens with one attached hydrogen (secondary N) is 1. The van der Waals surface area contributed by atoms with Crippen molar-refractivity contribution in [3.8, 4) is 11.1 Å². The molecule has 0 aromatic heterocycles. The predicted octanol–water partition coefficient (Wildman–Crippen LogP) is 3.52. The van der Waals surface area contributed by atoms with Crippen molar-refractivity contribution < 1.29 is 17.5 Å². The standard InChI is InChI=1S/C13H9.C2H7Si.CH3NO.2ClH.Ti/c1-3-7-12-10(5-1)9-11-6-2-4-8-13(11)12;1-3-2;2-1-3;;;/h1-5,7-8H,9H2;3H,1-2H3;1H,(H2,2,3);2*1H;/q;;;;;+3/p-3. The van der Waals surface area contributed by atoms with Gasteiger partial charge in [0.2, 0.25) is 0 Å². The van der Waals surface area contributed by atoms with E-state index in [9.17, 15) is 4.79 Å². The van der Waals surface area contributed by atoms with Gasteiger partial charge >= 0.3 is 141 Å². The zero-order chi connectivity index (χ0) is 16.0. The van der Waals surface area contributed by atoms with Gasteiger partial charge in [0.1, 0.15) is 0 Å². The van der Waals surface area contributed by atoms with Crippen LogP contribution in [0, 0.1) is 0 Å². The molecule has 0 aliphatic heterocycles. The third-order valence-corrected chi connectivity index (χ3v) is 34.8. The summed E-state index contributed by atoms with van der Waals surface area (Å²) in [7, 11) is 14.1. The van der Waals surface area contributed by atoms with Crippen molar-refractivity contribution in [2.24, 2.45) is 0 Å². The summed E-state index contributed by atoms with van der Waals surface area (Å²) in [6, 6.07) is 14.5. The second kappa shape index (κ2) is 5.50. The number of fused-ring (bicyclic) bond motifs is 3. The van der Waals surface area contributed by atoms with Crippen LogP contribution in [0.5, 0.6) is 0 Å². The summed E-state index contributed by atoms with van der Waals surface area (Å²) in [6.07, 6.45) is 1.52. The van der Waals surface area contributed by atoms with Gasteiger partial charge in [0.15, 0.2) is 0 Å². The molecule has 0 heterocycles. The summed E-state index contributed by atoms with van der Waals surface area (Å²) in [5.74, 6) is 0. The molecule has 0 saturated heterocycles. The van der Waals surface area contributed by atoms with Gasteiger partial charge in [-0.2, -0.15) is 0 Å². The minimum absolute atomic E-state index is 0.686. The van der Waals surface area contributed by atoms with E-state index in [-0.39, 0.29) is 0 Å². The van der Waals surface area contributed by atoms with Gasteiger partial charge in [0, 0.05) is 0 Å². The van der Waals surface area contributed by atoms with E-state index in [1.165, 1.54) is 22.3 Å². The molecule has 0 atom stereocenters. The first-order valence-corrected chi connectivity index (χ1v) is 18.8. The van der Waals surface area contributed by atoms with Crippen molar-refractivity contribution in [2.45, 2.75) is 19.5 Å². The minimum atomic E-state index is -4.22. The molecule has 0 unspecified atom stereocenters. The van der Waals surface area contributed by atoms with Crippen molar-refractivity contribution in [1.82, 2.24) is 3.80 Å². The topological polar surface area (TPSA) is 29.1 Å². The van der Waals surface area contributed by atoms with Crippen LogP contribution in [0.25, 0.3) is 11.1 Å². The molecule has 0 spiro atoms. The van der Waals surface area contributed by atoms with E-state index in [2.05, 4.69) is 41.2 Å². The Morgan fingerprint density at radius 1 is 1.09 bits per heavy atom. The number of benzene rings is 2. The molecule has 0 fully saturated rings. The maximum atomic E-state index is 11.2. The Balaban J connectivity index is 2.26. The van der Waals surface area contributed by atoms with Gasteiger partial charge < -0.3 is 0 Å². The zero-order valence-corrected chi connectivity index (χ0v) is 16.8. The Hall–Kier alpha value is -0.579. The quantitative estimate of drug-likeness (QED) is 0.539. The first kappa shape index (κ1) is 16.3. The Kier molecular flexibility index (Phi) is 4.07. The summed E-state index contributed by atoms with van der Waals surface area (Å²) in [5.41, 5.74) is 4.94. The fourth-order valence-corrected chi connectivity index (χ4v) is 14.3. The molecular formula is C16H18Cl2NOSiTi. The van der Waals surface area contributed by atoms with Crippen LogP contribution in [0.2, 0.25) is 13.1 Å². The zero-order valence-electron chi connectivity index (χ0n) is 12.6. The molecule has 0 saturated carbocycles. The first-order chi connectivity index (χ1) is 10.4. The van der Waals surface area contributed by atoms with E-state index in [1.54, 1.807) is 0 Å². The molecule has 1 aliphatic carbocycles. The third kappa shape index (κ3) is 2.31. The molecule has 2 nitrogen and oxygen atoms in total. The van der Waals surface area contributed by atoms with Crippen LogP contribution in [0.15, 0.2) is 42.5 Å². The summed E-state index contributed by atoms with van der Waals surface area (Å²) in [5, 5.41) is 0. The molecule has 2 aromatic carbocycles. The van der Waals surface area contributed by atoms with Gasteiger partial charge in [-0.15, -0.1) is 0 Å². The van der Waals surface area contributed by atoms with E-state index >= 15 is 0 Å². The van der Waals surface area contributed by atoms with Crippen LogP contribution in [0.4, 0.5) is 0 Å². The van der Waals surface area contributed by atoms with E-state index in [4.69, 9.17) is 18.6 Å². The average Bonchev–Trinajstić information content (AvgIpc) is 2.85. The van der Waals surface area contributed by atoms with Gasteiger partial charge in [-0.25, -0.2) is 0 Å². The Bertz CT molecular complexity index is 764. The Morgan fingerprint density at radius 2 is 1.77 bits per heavy atom. The van der Waals surface area contributed by atoms with Gasteiger partial charge in [0.05, 0.1) is 0 Å². The van der Waals surface area contributed by atoms with Crippen molar-refractivity contribution in [2.75, 3.05) is 0 Å². The van der Waals surface area contributed by atoms with Gasteiger partial charge in [-0.3, -0.25) is 0 Å². The van der Waals surface area contributed by atoms with Crippen molar-refractivity contribution in [3.05, 3.63) is 53.6 Å². The van der Waals surface area contributed by atoms with Gasteiger partial charge in [0.25, 0.3) is 0 Å². The molecule has 0 bridgehead atoms. The number of carbonyl (C=O) groups is 1. The molecular weight excluding hydrogens is 369 g/mol. The monoisotopic (exact) mass is 386 g/mol. The molecule has 3 rings (SSSR count). The Morgan fingerprint density at radius 3 is 2.45 bits per heavy atom. The second-order valence-corrected chi connectivity index (χ2v) is 33.6. The number of rotatable bonds is 4. The average molecular weight is 387 g/mol. The number of halogens is 2. The van der Waals surface area contributed by atoms with E-state index < -0.39 is 19.4 Å². The molecule has 2 aromatic rings. The first-order valence-electron chi connectivity index (χ1n) is 7.37. The fourth-order valence-electron chi connectivity index (χ4n) is 3.25. The summed E-state index contributed by atoms with van der Waals surface area (Å²) < 4.78 is 3.91. The normalized spacial score (nSPS) is 14.9. The fraction of sp³-hybridized carbons (Fsp3) is 0.188. The molecule has 6 heteroatoms. The van der Waals surface area contributed by atoms with E-state index in [1.807, 2.05) is 18.2 Å². The molecule has 1 N–H and O–H groups in total. The molecule has 115 valence electrons. The van der Waals surface area contributed by atoms with Crippen LogP contribution in [-0.4, -0.2) is 13.1 Å². The second-order valence-electron chi connectivity index (χ2n) is 6.16. The summed E-state index contributed by atoms with van der Waals surface area (Å²) >= 11 is -4.22. The molecule has 1 aliphatic rings. The molecule has 0 radical (unpaired) electrons. The number of hydrogen-bond donors (Lipinski definition) is 1. The number of carbonyl (C=O) groups excluding carboxylic acids is 1. The van der Waals surface area contributed by atoms with Crippen molar-refractivity contribution >= 4 is 35.6 Å². The third-order valence-electron chi connectivity index (χ3n) is 4.68. The van der Waals surface area contributed by atoms with Crippen LogP contribution in [-0.2, 0) is 23.9 Å². The van der Waals surface area contributed by atoms with Crippen molar-refractivity contribution in [1.29, 1.82) is 0 Å². The predicted molar refractivity (Wildman–Crippen MR) is 94.1 cm³/mol. The number of amides is 1. The van der Waals surface area contributed by atoms with Gasteiger partial charge in [-0.1, -0.05) is 0 Å². The maximum absolute atomic E-state index is 11.2. The van der Waals surface area contributed by atoms with Gasteiger partial charge in [-0.05, 0) is 0 Å². The summed E-state index contributed by atoms with van der Waals surface area (Å²) in [4.78, 5) is 11.2. The van der Waals surface area contributed by atoms with Crippen LogP contribution in [0.3, 0.4) is 0 Å². The van der Waals surface area contributed by atoms with Crippen LogP contribution < -0.4 is 7.67 Å². The van der Waals surface area contributed by atoms with E-state index in [0.29, 0.717) is 6.41 Å². The van der Waals surface area contributed by atoms with Crippen LogP contribution in [0.1, 0.15) is 11.1 Å². The summed E-state index contributed by atoms with van der Waals surface area (Å²) in [6.45, 7) is 2.73. The van der Waals surface area contributed by atoms with E-state index in [0.717, 1.165) is 10.3 Å². The Labute approximate surface area is 140 Å². The SMILES string of the molecule is C[SiH](C)[Ti]([Cl])([Cl])([NH]C=O)[c]1cccc2c1Cc1ccccc1-2. The molecule has 1 amide bonds. The van der Waals surface area contributed by atoms with Crippen molar-refractivity contribution in [3.63, 3.8) is 0 Å². The number of hydrogen-bond acceptors (Lipinski definition) is 1. The molecule has 22 heavy (non-hydrogen) atoms. The van der Waals surface area contributed by atoms with Crippen LogP contribution >= 0.6 is 18.6 Å².